The molecule has 0 radical (unpaired) electrons. The van der Waals surface area contributed by atoms with Gasteiger partial charge in [0.1, 0.15) is 0 Å². The van der Waals surface area contributed by atoms with Crippen LogP contribution in [0, 0.1) is 11.2 Å². The van der Waals surface area contributed by atoms with Crippen LogP contribution in [0.1, 0.15) is 33.1 Å². The van der Waals surface area contributed by atoms with Gasteiger partial charge in [-0.1, -0.05) is 37.0 Å². The zero-order valence-electron chi connectivity index (χ0n) is 11.7. The van der Waals surface area contributed by atoms with Gasteiger partial charge in [-0.05, 0) is 25.0 Å². The first kappa shape index (κ1) is 17.7. The van der Waals surface area contributed by atoms with Gasteiger partial charge in [-0.3, -0.25) is 9.59 Å². The third kappa shape index (κ3) is 4.08. The van der Waals surface area contributed by atoms with Crippen molar-refractivity contribution in [2.75, 3.05) is 5.32 Å². The minimum Gasteiger partial charge on any atom is -0.481 e. The second-order valence-electron chi connectivity index (χ2n) is 4.77. The molecule has 1 aromatic rings. The lowest BCUT2D eigenvalue weighted by Gasteiger charge is -2.25. The summed E-state index contributed by atoms with van der Waals surface area (Å²) in [5.41, 5.74) is -0.888. The minimum absolute atomic E-state index is 0.179. The van der Waals surface area contributed by atoms with Crippen molar-refractivity contribution in [1.82, 2.24) is 0 Å². The van der Waals surface area contributed by atoms with Gasteiger partial charge in [0, 0.05) is 12.1 Å². The number of nitrogens with one attached hydrogen (secondary N) is 1. The van der Waals surface area contributed by atoms with Crippen LogP contribution in [0.15, 0.2) is 12.1 Å². The SMILES string of the molecule is CCC(CC)(CC(=O)Nc1cc(Cl)c(F)c(Cl)c1)C(=O)O. The van der Waals surface area contributed by atoms with E-state index in [0.29, 0.717) is 12.8 Å². The van der Waals surface area contributed by atoms with Crippen LogP contribution < -0.4 is 5.32 Å². The summed E-state index contributed by atoms with van der Waals surface area (Å²) in [6.07, 6.45) is 0.482. The topological polar surface area (TPSA) is 66.4 Å². The predicted molar refractivity (Wildman–Crippen MR) is 80.3 cm³/mol. The number of halogens is 3. The van der Waals surface area contributed by atoms with Gasteiger partial charge < -0.3 is 10.4 Å². The Morgan fingerprint density at radius 2 is 1.71 bits per heavy atom. The molecule has 4 nitrogen and oxygen atoms in total. The van der Waals surface area contributed by atoms with Crippen LogP contribution in [0.25, 0.3) is 0 Å². The Hall–Kier alpha value is -1.33. The molecule has 0 atom stereocenters. The van der Waals surface area contributed by atoms with E-state index in [2.05, 4.69) is 5.32 Å². The van der Waals surface area contributed by atoms with E-state index in [4.69, 9.17) is 23.2 Å². The van der Waals surface area contributed by atoms with E-state index in [1.807, 2.05) is 0 Å². The van der Waals surface area contributed by atoms with E-state index in [9.17, 15) is 19.1 Å². The molecule has 1 aromatic carbocycles. The lowest BCUT2D eigenvalue weighted by atomic mass is 9.79. The lowest BCUT2D eigenvalue weighted by Crippen LogP contribution is -2.34. The quantitative estimate of drug-likeness (QED) is 0.759. The molecule has 0 aliphatic carbocycles. The van der Waals surface area contributed by atoms with E-state index in [-0.39, 0.29) is 22.2 Å². The second kappa shape index (κ2) is 7.09. The van der Waals surface area contributed by atoms with Crippen LogP contribution in [0.4, 0.5) is 10.1 Å². The highest BCUT2D eigenvalue weighted by atomic mass is 35.5. The number of aliphatic carboxylic acids is 1. The normalized spacial score (nSPS) is 11.3. The Labute approximate surface area is 132 Å². The van der Waals surface area contributed by atoms with Crippen LogP contribution in [0.3, 0.4) is 0 Å². The number of hydrogen-bond acceptors (Lipinski definition) is 2. The average Bonchev–Trinajstić information content (AvgIpc) is 2.41. The molecule has 7 heteroatoms. The number of carboxylic acid groups (broad SMARTS) is 1. The number of carbonyl (C=O) groups is 2. The average molecular weight is 336 g/mol. The highest BCUT2D eigenvalue weighted by Crippen LogP contribution is 2.32. The Bertz CT molecular complexity index is 536. The van der Waals surface area contributed by atoms with E-state index in [1.54, 1.807) is 13.8 Å². The molecule has 0 fully saturated rings. The van der Waals surface area contributed by atoms with E-state index in [0.717, 1.165) is 0 Å². The van der Waals surface area contributed by atoms with Crippen LogP contribution >= 0.6 is 23.2 Å². The van der Waals surface area contributed by atoms with Crippen LogP contribution in [0.2, 0.25) is 10.0 Å². The smallest absolute Gasteiger partial charge is 0.310 e. The minimum atomic E-state index is -1.11. The molecule has 21 heavy (non-hydrogen) atoms. The summed E-state index contributed by atoms with van der Waals surface area (Å²) in [4.78, 5) is 23.4. The summed E-state index contributed by atoms with van der Waals surface area (Å²) < 4.78 is 13.3. The van der Waals surface area contributed by atoms with Gasteiger partial charge in [0.15, 0.2) is 5.82 Å². The number of anilines is 1. The molecule has 0 saturated carbocycles. The Morgan fingerprint density at radius 3 is 2.10 bits per heavy atom. The van der Waals surface area contributed by atoms with Gasteiger partial charge in [0.2, 0.25) is 5.91 Å². The molecule has 1 rings (SSSR count). The van der Waals surface area contributed by atoms with E-state index < -0.39 is 23.1 Å². The van der Waals surface area contributed by atoms with Crippen molar-refractivity contribution in [3.63, 3.8) is 0 Å². The Balaban J connectivity index is 2.89. The third-order valence-electron chi connectivity index (χ3n) is 3.57. The predicted octanol–water partition coefficient (Wildman–Crippen LogP) is 4.35. The van der Waals surface area contributed by atoms with Crippen molar-refractivity contribution in [3.8, 4) is 0 Å². The van der Waals surface area contributed by atoms with Gasteiger partial charge in [0.05, 0.1) is 15.5 Å². The first-order valence-electron chi connectivity index (χ1n) is 6.43. The first-order chi connectivity index (χ1) is 9.75. The number of carboxylic acids is 1. The van der Waals surface area contributed by atoms with Crippen LogP contribution in [-0.4, -0.2) is 17.0 Å². The Kier molecular flexibility index (Phi) is 5.98. The van der Waals surface area contributed by atoms with E-state index >= 15 is 0 Å². The van der Waals surface area contributed by atoms with E-state index in [1.165, 1.54) is 12.1 Å². The zero-order valence-corrected chi connectivity index (χ0v) is 13.2. The molecule has 0 aliphatic rings. The number of amides is 1. The van der Waals surface area contributed by atoms with Gasteiger partial charge in [-0.25, -0.2) is 4.39 Å². The number of carbonyl (C=O) groups excluding carboxylic acids is 1. The molecule has 0 aliphatic heterocycles. The van der Waals surface area contributed by atoms with Gasteiger partial charge in [-0.15, -0.1) is 0 Å². The first-order valence-corrected chi connectivity index (χ1v) is 7.19. The fourth-order valence-electron chi connectivity index (χ4n) is 2.02. The molecule has 116 valence electrons. The maximum absolute atomic E-state index is 13.3. The van der Waals surface area contributed by atoms with Crippen molar-refractivity contribution in [1.29, 1.82) is 0 Å². The lowest BCUT2D eigenvalue weighted by molar-refractivity contribution is -0.151. The van der Waals surface area contributed by atoms with Crippen LogP contribution in [0.5, 0.6) is 0 Å². The zero-order chi connectivity index (χ0) is 16.2. The maximum Gasteiger partial charge on any atom is 0.310 e. The monoisotopic (exact) mass is 335 g/mol. The largest absolute Gasteiger partial charge is 0.481 e. The molecule has 0 spiro atoms. The number of hydrogen-bond donors (Lipinski definition) is 2. The summed E-state index contributed by atoms with van der Waals surface area (Å²) >= 11 is 11.3. The van der Waals surface area contributed by atoms with Gasteiger partial charge >= 0.3 is 5.97 Å². The fourth-order valence-corrected chi connectivity index (χ4v) is 2.51. The summed E-state index contributed by atoms with van der Waals surface area (Å²) in [5.74, 6) is -2.27. The van der Waals surface area contributed by atoms with Crippen molar-refractivity contribution >= 4 is 40.8 Å². The van der Waals surface area contributed by atoms with Gasteiger partial charge in [-0.2, -0.15) is 0 Å². The summed E-state index contributed by atoms with van der Waals surface area (Å²) in [7, 11) is 0. The van der Waals surface area contributed by atoms with Gasteiger partial charge in [0.25, 0.3) is 0 Å². The molecular formula is C14H16Cl2FNO3. The molecular weight excluding hydrogens is 320 g/mol. The molecule has 0 heterocycles. The maximum atomic E-state index is 13.3. The summed E-state index contributed by atoms with van der Waals surface area (Å²) in [6, 6.07) is 2.45. The molecule has 0 bridgehead atoms. The molecule has 0 unspecified atom stereocenters. The second-order valence-corrected chi connectivity index (χ2v) is 5.59. The van der Waals surface area contributed by atoms with Crippen molar-refractivity contribution < 1.29 is 19.1 Å². The fraction of sp³-hybridized carbons (Fsp3) is 0.429. The van der Waals surface area contributed by atoms with Crippen molar-refractivity contribution in [3.05, 3.63) is 28.0 Å². The highest BCUT2D eigenvalue weighted by Gasteiger charge is 2.37. The summed E-state index contributed by atoms with van der Waals surface area (Å²) in [6.45, 7) is 3.44. The molecule has 0 aromatic heterocycles. The van der Waals surface area contributed by atoms with Crippen molar-refractivity contribution in [2.24, 2.45) is 5.41 Å². The number of rotatable bonds is 6. The van der Waals surface area contributed by atoms with Crippen molar-refractivity contribution in [2.45, 2.75) is 33.1 Å². The standard InChI is InChI=1S/C14H16Cl2FNO3/c1-3-14(4-2,13(20)21)7-11(19)18-8-5-9(15)12(17)10(16)6-8/h5-6H,3-4,7H2,1-2H3,(H,18,19)(H,20,21). The third-order valence-corrected chi connectivity index (χ3v) is 4.12. The highest BCUT2D eigenvalue weighted by molar-refractivity contribution is 6.35. The summed E-state index contributed by atoms with van der Waals surface area (Å²) in [5, 5.41) is 11.4. The Morgan fingerprint density at radius 1 is 1.24 bits per heavy atom. The molecule has 2 N–H and O–H groups in total. The molecule has 0 saturated heterocycles. The number of benzene rings is 1. The molecule has 1 amide bonds. The van der Waals surface area contributed by atoms with Crippen LogP contribution in [-0.2, 0) is 9.59 Å².